The zero-order valence-electron chi connectivity index (χ0n) is 17.8. The molecule has 1 aliphatic carbocycles. The number of nitrogens with zero attached hydrogens (tertiary/aromatic N) is 3. The molecule has 0 bridgehead atoms. The van der Waals surface area contributed by atoms with E-state index in [-0.39, 0.29) is 30.8 Å². The van der Waals surface area contributed by atoms with Crippen LogP contribution >= 0.6 is 23.6 Å². The van der Waals surface area contributed by atoms with Crippen molar-refractivity contribution in [3.05, 3.63) is 28.4 Å². The van der Waals surface area contributed by atoms with Crippen molar-refractivity contribution >= 4 is 39.6 Å². The van der Waals surface area contributed by atoms with Crippen LogP contribution in [0, 0.1) is 24.5 Å². The molecule has 2 fully saturated rings. The number of aromatic nitrogens is 4. The first-order valence-electron chi connectivity index (χ1n) is 10.3. The number of aromatic amines is 1. The second-order valence-corrected chi connectivity index (χ2v) is 10.1. The number of aliphatic hydroxyl groups excluding tert-OH is 1. The summed E-state index contributed by atoms with van der Waals surface area (Å²) < 4.78 is 13.7. The molecular formula is C21H25N5O3S2. The SMILES string of the molecule is Cc1[nH]c(=S)nc(N[C@@H]2C[C@H](CO)[C@H]3OC(C)(C)O[C@H]32)c1-c1nc2c(C)nccc2s1. The van der Waals surface area contributed by atoms with E-state index in [0.717, 1.165) is 38.6 Å². The summed E-state index contributed by atoms with van der Waals surface area (Å²) in [7, 11) is 0. The fourth-order valence-electron chi connectivity index (χ4n) is 4.62. The Bertz CT molecular complexity index is 1210. The smallest absolute Gasteiger partial charge is 0.198 e. The third-order valence-corrected chi connectivity index (χ3v) is 7.19. The van der Waals surface area contributed by atoms with Crippen LogP contribution in [0.4, 0.5) is 5.82 Å². The molecule has 1 saturated heterocycles. The first-order valence-corrected chi connectivity index (χ1v) is 11.5. The van der Waals surface area contributed by atoms with Crippen molar-refractivity contribution in [2.24, 2.45) is 5.92 Å². The lowest BCUT2D eigenvalue weighted by molar-refractivity contribution is -0.158. The number of hydrogen-bond acceptors (Lipinski definition) is 9. The summed E-state index contributed by atoms with van der Waals surface area (Å²) in [5.41, 5.74) is 3.57. The van der Waals surface area contributed by atoms with Crippen LogP contribution in [-0.2, 0) is 9.47 Å². The van der Waals surface area contributed by atoms with E-state index in [0.29, 0.717) is 10.6 Å². The summed E-state index contributed by atoms with van der Waals surface area (Å²) in [4.78, 5) is 17.0. The highest BCUT2D eigenvalue weighted by molar-refractivity contribution is 7.71. The normalized spacial score (nSPS) is 27.0. The number of nitrogens with one attached hydrogen (secondary N) is 2. The number of ether oxygens (including phenoxy) is 2. The lowest BCUT2D eigenvalue weighted by Gasteiger charge is -2.24. The number of aliphatic hydroxyl groups is 1. The third-order valence-electron chi connectivity index (χ3n) is 5.96. The van der Waals surface area contributed by atoms with Crippen LogP contribution in [0.5, 0.6) is 0 Å². The Morgan fingerprint density at radius 1 is 1.29 bits per heavy atom. The molecule has 164 valence electrons. The maximum atomic E-state index is 9.88. The van der Waals surface area contributed by atoms with Gasteiger partial charge in [0, 0.05) is 24.4 Å². The molecule has 4 heterocycles. The Morgan fingerprint density at radius 2 is 2.06 bits per heavy atom. The van der Waals surface area contributed by atoms with E-state index in [1.807, 2.05) is 33.8 Å². The Kier molecular flexibility index (Phi) is 5.10. The van der Waals surface area contributed by atoms with Crippen molar-refractivity contribution in [2.45, 2.75) is 58.2 Å². The molecule has 0 spiro atoms. The Labute approximate surface area is 189 Å². The second kappa shape index (κ2) is 7.56. The van der Waals surface area contributed by atoms with E-state index in [2.05, 4.69) is 20.3 Å². The van der Waals surface area contributed by atoms with Gasteiger partial charge in [-0.05, 0) is 52.4 Å². The van der Waals surface area contributed by atoms with Gasteiger partial charge in [-0.15, -0.1) is 11.3 Å². The fourth-order valence-corrected chi connectivity index (χ4v) is 5.98. The van der Waals surface area contributed by atoms with Crippen LogP contribution in [0.2, 0.25) is 0 Å². The molecule has 0 aromatic carbocycles. The van der Waals surface area contributed by atoms with Crippen LogP contribution in [0.3, 0.4) is 0 Å². The highest BCUT2D eigenvalue weighted by atomic mass is 32.1. The minimum Gasteiger partial charge on any atom is -0.396 e. The molecule has 1 saturated carbocycles. The predicted octanol–water partition coefficient (Wildman–Crippen LogP) is 3.74. The monoisotopic (exact) mass is 459 g/mol. The van der Waals surface area contributed by atoms with E-state index in [1.165, 1.54) is 0 Å². The zero-order valence-corrected chi connectivity index (χ0v) is 19.4. The summed E-state index contributed by atoms with van der Waals surface area (Å²) in [5, 5.41) is 14.3. The van der Waals surface area contributed by atoms with Gasteiger partial charge in [-0.1, -0.05) is 0 Å². The summed E-state index contributed by atoms with van der Waals surface area (Å²) in [5.74, 6) is -0.00896. The first kappa shape index (κ1) is 20.9. The number of aryl methyl sites for hydroxylation is 2. The second-order valence-electron chi connectivity index (χ2n) is 8.65. The van der Waals surface area contributed by atoms with E-state index in [9.17, 15) is 5.11 Å². The van der Waals surface area contributed by atoms with Crippen LogP contribution in [0.25, 0.3) is 20.8 Å². The first-order chi connectivity index (χ1) is 14.8. The molecule has 2 aliphatic rings. The number of hydrogen-bond donors (Lipinski definition) is 3. The Balaban J connectivity index is 1.55. The fraction of sp³-hybridized carbons (Fsp3) is 0.524. The minimum atomic E-state index is -0.680. The predicted molar refractivity (Wildman–Crippen MR) is 122 cm³/mol. The number of pyridine rings is 1. The lowest BCUT2D eigenvalue weighted by atomic mass is 10.1. The molecule has 31 heavy (non-hydrogen) atoms. The van der Waals surface area contributed by atoms with Crippen molar-refractivity contribution in [1.29, 1.82) is 0 Å². The molecule has 1 aliphatic heterocycles. The quantitative estimate of drug-likeness (QED) is 0.507. The van der Waals surface area contributed by atoms with Gasteiger partial charge in [-0.3, -0.25) is 4.98 Å². The van der Waals surface area contributed by atoms with Gasteiger partial charge in [0.25, 0.3) is 0 Å². The van der Waals surface area contributed by atoms with Gasteiger partial charge in [0.1, 0.15) is 22.4 Å². The van der Waals surface area contributed by atoms with E-state index in [1.54, 1.807) is 17.5 Å². The average Bonchev–Trinajstić information content (AvgIpc) is 3.33. The van der Waals surface area contributed by atoms with Crippen molar-refractivity contribution < 1.29 is 14.6 Å². The molecule has 3 N–H and O–H groups in total. The topological polar surface area (TPSA) is 105 Å². The van der Waals surface area contributed by atoms with Gasteiger partial charge < -0.3 is 24.9 Å². The van der Waals surface area contributed by atoms with Gasteiger partial charge in [0.15, 0.2) is 10.6 Å². The molecule has 0 unspecified atom stereocenters. The van der Waals surface area contributed by atoms with Gasteiger partial charge in [0.2, 0.25) is 0 Å². The lowest BCUT2D eigenvalue weighted by Crippen LogP contribution is -2.35. The highest BCUT2D eigenvalue weighted by Gasteiger charge is 2.54. The van der Waals surface area contributed by atoms with E-state index >= 15 is 0 Å². The maximum absolute atomic E-state index is 9.88. The molecule has 0 amide bonds. The summed E-state index contributed by atoms with van der Waals surface area (Å²) >= 11 is 6.97. The van der Waals surface area contributed by atoms with Crippen LogP contribution in [0.15, 0.2) is 12.3 Å². The minimum absolute atomic E-state index is 0.00300. The van der Waals surface area contributed by atoms with E-state index in [4.69, 9.17) is 26.7 Å². The molecule has 10 heteroatoms. The number of rotatable bonds is 4. The highest BCUT2D eigenvalue weighted by Crippen LogP contribution is 2.43. The molecule has 3 aromatic rings. The summed E-state index contributed by atoms with van der Waals surface area (Å²) in [6.07, 6.45) is 2.18. The van der Waals surface area contributed by atoms with Gasteiger partial charge in [-0.2, -0.15) is 0 Å². The molecule has 8 nitrogen and oxygen atoms in total. The van der Waals surface area contributed by atoms with Crippen LogP contribution in [-0.4, -0.2) is 55.7 Å². The zero-order chi connectivity index (χ0) is 21.9. The molecule has 4 atom stereocenters. The van der Waals surface area contributed by atoms with Gasteiger partial charge in [0.05, 0.1) is 28.1 Å². The summed E-state index contributed by atoms with van der Waals surface area (Å²) in [6.45, 7) is 7.79. The van der Waals surface area contributed by atoms with Gasteiger partial charge in [-0.25, -0.2) is 9.97 Å². The average molecular weight is 460 g/mol. The van der Waals surface area contributed by atoms with Crippen molar-refractivity contribution in [1.82, 2.24) is 19.9 Å². The van der Waals surface area contributed by atoms with Crippen LogP contribution in [0.1, 0.15) is 31.7 Å². The van der Waals surface area contributed by atoms with Gasteiger partial charge >= 0.3 is 0 Å². The number of anilines is 1. The largest absolute Gasteiger partial charge is 0.396 e. The molecule has 5 rings (SSSR count). The Morgan fingerprint density at radius 3 is 2.81 bits per heavy atom. The van der Waals surface area contributed by atoms with Crippen molar-refractivity contribution in [3.8, 4) is 10.6 Å². The Hall–Kier alpha value is -1.98. The number of fused-ring (bicyclic) bond motifs is 2. The maximum Gasteiger partial charge on any atom is 0.198 e. The molecular weight excluding hydrogens is 434 g/mol. The van der Waals surface area contributed by atoms with Crippen molar-refractivity contribution in [2.75, 3.05) is 11.9 Å². The molecule has 3 aromatic heterocycles. The number of thiazole rings is 1. The number of H-pyrrole nitrogens is 1. The standard InChI is InChI=1S/C21H25N5O3S2/c1-9-14(19-25-15-10(2)22-6-5-13(15)31-19)18(26-20(30)23-9)24-12-7-11(8-27)16-17(12)29-21(3,4)28-16/h5-6,11-12,16-17,27H,7-8H2,1-4H3,(H2,23,24,26,30)/t11-,12-,16-,17+/m1/s1. The molecule has 0 radical (unpaired) electrons. The van der Waals surface area contributed by atoms with E-state index < -0.39 is 5.79 Å². The van der Waals surface area contributed by atoms with Crippen molar-refractivity contribution in [3.63, 3.8) is 0 Å². The van der Waals surface area contributed by atoms with Crippen LogP contribution < -0.4 is 5.32 Å². The third kappa shape index (κ3) is 3.66. The summed E-state index contributed by atoms with van der Waals surface area (Å²) in [6, 6.07) is 1.91.